The molecule has 1 aromatic rings. The first-order valence-electron chi connectivity index (χ1n) is 5.27. The summed E-state index contributed by atoms with van der Waals surface area (Å²) in [6.07, 6.45) is 0.969. The first-order valence-corrected chi connectivity index (χ1v) is 6.08. The molecular formula is C10H14ClN3O3S. The van der Waals surface area contributed by atoms with E-state index in [1.165, 1.54) is 13.1 Å². The molecule has 100 valence electrons. The van der Waals surface area contributed by atoms with Gasteiger partial charge in [0.25, 0.3) is 5.91 Å². The number of Topliss-reactive ketones (excluding diaryl/α,β-unsaturated/α-hetero) is 1. The third kappa shape index (κ3) is 3.74. The molecule has 2 rings (SSSR count). The van der Waals surface area contributed by atoms with Gasteiger partial charge in [0.15, 0.2) is 10.9 Å². The number of halogens is 1. The lowest BCUT2D eigenvalue weighted by molar-refractivity contribution is -0.128. The van der Waals surface area contributed by atoms with Gasteiger partial charge in [-0.1, -0.05) is 11.3 Å². The Labute approximate surface area is 115 Å². The fraction of sp³-hybridized carbons (Fsp3) is 0.500. The Bertz CT molecular complexity index is 432. The van der Waals surface area contributed by atoms with Crippen molar-refractivity contribution in [3.63, 3.8) is 0 Å². The van der Waals surface area contributed by atoms with E-state index in [-0.39, 0.29) is 24.1 Å². The zero-order valence-corrected chi connectivity index (χ0v) is 11.4. The van der Waals surface area contributed by atoms with Gasteiger partial charge in [0.05, 0.1) is 17.7 Å². The van der Waals surface area contributed by atoms with E-state index >= 15 is 0 Å². The number of aromatic nitrogens is 1. The average Bonchev–Trinajstić information content (AvgIpc) is 2.79. The van der Waals surface area contributed by atoms with Gasteiger partial charge in [-0.05, 0) is 0 Å². The number of ether oxygens (including phenoxy) is 1. The molecule has 0 aliphatic carbocycles. The molecule has 1 fully saturated rings. The lowest BCUT2D eigenvalue weighted by atomic mass is 10.3. The Morgan fingerprint density at radius 3 is 2.94 bits per heavy atom. The molecule has 1 saturated heterocycles. The Balaban J connectivity index is 0.00000162. The van der Waals surface area contributed by atoms with Crippen molar-refractivity contribution in [3.8, 4) is 0 Å². The number of nitrogens with one attached hydrogen (secondary N) is 2. The highest BCUT2D eigenvalue weighted by Gasteiger charge is 2.22. The molecule has 2 heterocycles. The van der Waals surface area contributed by atoms with Crippen molar-refractivity contribution >= 4 is 40.6 Å². The van der Waals surface area contributed by atoms with Crippen LogP contribution in [0.25, 0.3) is 0 Å². The smallest absolute Gasteiger partial charge is 0.256 e. The van der Waals surface area contributed by atoms with E-state index < -0.39 is 6.10 Å². The van der Waals surface area contributed by atoms with Crippen LogP contribution in [-0.2, 0) is 9.53 Å². The van der Waals surface area contributed by atoms with Gasteiger partial charge in [-0.15, -0.1) is 12.4 Å². The van der Waals surface area contributed by atoms with Gasteiger partial charge in [-0.25, -0.2) is 4.98 Å². The molecule has 1 unspecified atom stereocenters. The standard InChI is InChI=1S/C10H13N3O3S.ClH/c1-6(14)8-5-12-10(17-8)13-9(15)7-4-11-2-3-16-7;/h5,7,11H,2-4H2,1H3,(H,12,13,15);1H. The molecule has 0 saturated carbocycles. The summed E-state index contributed by atoms with van der Waals surface area (Å²) in [4.78, 5) is 27.3. The first kappa shape index (κ1) is 15.0. The number of thiazole rings is 1. The van der Waals surface area contributed by atoms with Crippen molar-refractivity contribution in [2.45, 2.75) is 13.0 Å². The van der Waals surface area contributed by atoms with Crippen LogP contribution < -0.4 is 10.6 Å². The number of anilines is 1. The number of hydrogen-bond acceptors (Lipinski definition) is 6. The lowest BCUT2D eigenvalue weighted by Crippen LogP contribution is -2.45. The normalized spacial score (nSPS) is 18.8. The topological polar surface area (TPSA) is 80.3 Å². The predicted octanol–water partition coefficient (Wildman–Crippen LogP) is 0.694. The van der Waals surface area contributed by atoms with Crippen molar-refractivity contribution in [1.29, 1.82) is 0 Å². The highest BCUT2D eigenvalue weighted by atomic mass is 35.5. The van der Waals surface area contributed by atoms with Crippen molar-refractivity contribution in [2.24, 2.45) is 0 Å². The second-order valence-electron chi connectivity index (χ2n) is 3.64. The summed E-state index contributed by atoms with van der Waals surface area (Å²) < 4.78 is 5.30. The van der Waals surface area contributed by atoms with Gasteiger partial charge in [0.1, 0.15) is 6.10 Å². The van der Waals surface area contributed by atoms with Gasteiger partial charge in [-0.3, -0.25) is 14.9 Å². The number of amides is 1. The van der Waals surface area contributed by atoms with Crippen LogP contribution in [0.4, 0.5) is 5.13 Å². The summed E-state index contributed by atoms with van der Waals surface area (Å²) in [6.45, 7) is 3.24. The highest BCUT2D eigenvalue weighted by molar-refractivity contribution is 7.17. The van der Waals surface area contributed by atoms with Gasteiger partial charge in [-0.2, -0.15) is 0 Å². The molecule has 1 aromatic heterocycles. The van der Waals surface area contributed by atoms with E-state index in [4.69, 9.17) is 4.74 Å². The van der Waals surface area contributed by atoms with Crippen LogP contribution in [0.15, 0.2) is 6.20 Å². The quantitative estimate of drug-likeness (QED) is 0.801. The van der Waals surface area contributed by atoms with Gasteiger partial charge < -0.3 is 10.1 Å². The van der Waals surface area contributed by atoms with Crippen molar-refractivity contribution in [2.75, 3.05) is 25.0 Å². The van der Waals surface area contributed by atoms with Crippen LogP contribution in [0.5, 0.6) is 0 Å². The summed E-state index contributed by atoms with van der Waals surface area (Å²) in [5, 5.41) is 6.13. The summed E-state index contributed by atoms with van der Waals surface area (Å²) in [7, 11) is 0. The summed E-state index contributed by atoms with van der Waals surface area (Å²) in [6, 6.07) is 0. The minimum absolute atomic E-state index is 0. The summed E-state index contributed by atoms with van der Waals surface area (Å²) in [5.41, 5.74) is 0. The van der Waals surface area contributed by atoms with E-state index in [0.717, 1.165) is 17.9 Å². The van der Waals surface area contributed by atoms with Crippen molar-refractivity contribution in [1.82, 2.24) is 10.3 Å². The number of carbonyl (C=O) groups is 2. The maximum Gasteiger partial charge on any atom is 0.256 e. The first-order chi connectivity index (χ1) is 8.16. The average molecular weight is 292 g/mol. The zero-order chi connectivity index (χ0) is 12.3. The van der Waals surface area contributed by atoms with E-state index in [2.05, 4.69) is 15.6 Å². The molecule has 0 bridgehead atoms. The van der Waals surface area contributed by atoms with E-state index in [1.54, 1.807) is 0 Å². The van der Waals surface area contributed by atoms with Gasteiger partial charge >= 0.3 is 0 Å². The third-order valence-electron chi connectivity index (χ3n) is 2.30. The molecule has 0 aromatic carbocycles. The minimum atomic E-state index is -0.492. The van der Waals surface area contributed by atoms with Gasteiger partial charge in [0.2, 0.25) is 0 Å². The second kappa shape index (κ2) is 6.79. The Hall–Kier alpha value is -1.02. The Morgan fingerprint density at radius 2 is 2.39 bits per heavy atom. The van der Waals surface area contributed by atoms with Crippen molar-refractivity contribution < 1.29 is 14.3 Å². The molecule has 6 nitrogen and oxygen atoms in total. The molecule has 1 aliphatic rings. The maximum atomic E-state index is 11.8. The molecule has 18 heavy (non-hydrogen) atoms. The number of morpholine rings is 1. The van der Waals surface area contributed by atoms with Crippen LogP contribution in [0.2, 0.25) is 0 Å². The monoisotopic (exact) mass is 291 g/mol. The second-order valence-corrected chi connectivity index (χ2v) is 4.67. The molecule has 0 spiro atoms. The van der Waals surface area contributed by atoms with Crippen LogP contribution in [-0.4, -0.2) is 42.5 Å². The minimum Gasteiger partial charge on any atom is -0.366 e. The van der Waals surface area contributed by atoms with E-state index in [1.807, 2.05) is 0 Å². The third-order valence-corrected chi connectivity index (χ3v) is 3.32. The van der Waals surface area contributed by atoms with Crippen LogP contribution in [0, 0.1) is 0 Å². The van der Waals surface area contributed by atoms with Crippen LogP contribution >= 0.6 is 23.7 Å². The number of ketones is 1. The number of rotatable bonds is 3. The Morgan fingerprint density at radius 1 is 1.61 bits per heavy atom. The van der Waals surface area contributed by atoms with Gasteiger partial charge in [0, 0.05) is 20.0 Å². The largest absolute Gasteiger partial charge is 0.366 e. The molecular weight excluding hydrogens is 278 g/mol. The maximum absolute atomic E-state index is 11.8. The zero-order valence-electron chi connectivity index (χ0n) is 9.76. The van der Waals surface area contributed by atoms with Crippen molar-refractivity contribution in [3.05, 3.63) is 11.1 Å². The predicted molar refractivity (Wildman–Crippen MR) is 70.6 cm³/mol. The van der Waals surface area contributed by atoms with Crippen LogP contribution in [0.3, 0.4) is 0 Å². The summed E-state index contributed by atoms with van der Waals surface area (Å²) in [5.74, 6) is -0.291. The molecule has 8 heteroatoms. The number of nitrogens with zero attached hydrogens (tertiary/aromatic N) is 1. The Kier molecular flexibility index (Phi) is 5.67. The number of carbonyl (C=O) groups excluding carboxylic acids is 2. The molecule has 1 atom stereocenters. The molecule has 0 radical (unpaired) electrons. The number of hydrogen-bond donors (Lipinski definition) is 2. The fourth-order valence-corrected chi connectivity index (χ4v) is 2.13. The molecule has 1 aliphatic heterocycles. The SMILES string of the molecule is CC(=O)c1cnc(NC(=O)C2CNCCO2)s1.Cl. The highest BCUT2D eigenvalue weighted by Crippen LogP contribution is 2.18. The fourth-order valence-electron chi connectivity index (χ4n) is 1.41. The lowest BCUT2D eigenvalue weighted by Gasteiger charge is -2.22. The molecule has 2 N–H and O–H groups in total. The molecule has 1 amide bonds. The van der Waals surface area contributed by atoms with E-state index in [0.29, 0.717) is 23.2 Å². The van der Waals surface area contributed by atoms with E-state index in [9.17, 15) is 9.59 Å². The summed E-state index contributed by atoms with van der Waals surface area (Å²) >= 11 is 1.16. The van der Waals surface area contributed by atoms with Crippen LogP contribution in [0.1, 0.15) is 16.6 Å².